The van der Waals surface area contributed by atoms with Crippen molar-refractivity contribution in [3.05, 3.63) is 34.9 Å². The van der Waals surface area contributed by atoms with Crippen LogP contribution in [0.5, 0.6) is 0 Å². The first-order valence-corrected chi connectivity index (χ1v) is 7.89. The van der Waals surface area contributed by atoms with Crippen LogP contribution in [-0.4, -0.2) is 44.4 Å². The van der Waals surface area contributed by atoms with E-state index in [1.807, 2.05) is 23.9 Å². The van der Waals surface area contributed by atoms with Gasteiger partial charge in [0.1, 0.15) is 0 Å². The van der Waals surface area contributed by atoms with Crippen molar-refractivity contribution in [3.8, 4) is 0 Å². The third-order valence-corrected chi connectivity index (χ3v) is 3.85. The summed E-state index contributed by atoms with van der Waals surface area (Å²) < 4.78 is 0. The molecule has 0 radical (unpaired) electrons. The SMILES string of the molecule is CN(C)CCCNCCSCc1ccc(Cl)cc1. The van der Waals surface area contributed by atoms with Crippen LogP contribution in [0.3, 0.4) is 0 Å². The standard InChI is InChI=1S/C14H23ClN2S/c1-17(2)10-3-8-16-9-11-18-12-13-4-6-14(15)7-5-13/h4-7,16H,3,8-12H2,1-2H3. The third kappa shape index (κ3) is 7.98. The number of hydrogen-bond donors (Lipinski definition) is 1. The number of rotatable bonds is 9. The zero-order chi connectivity index (χ0) is 13.2. The fourth-order valence-corrected chi connectivity index (χ4v) is 2.55. The largest absolute Gasteiger partial charge is 0.316 e. The van der Waals surface area contributed by atoms with Gasteiger partial charge in [-0.3, -0.25) is 0 Å². The van der Waals surface area contributed by atoms with Crippen molar-refractivity contribution in [3.63, 3.8) is 0 Å². The molecule has 0 saturated heterocycles. The van der Waals surface area contributed by atoms with E-state index >= 15 is 0 Å². The highest BCUT2D eigenvalue weighted by molar-refractivity contribution is 7.98. The van der Waals surface area contributed by atoms with Gasteiger partial charge in [0, 0.05) is 23.1 Å². The summed E-state index contributed by atoms with van der Waals surface area (Å²) >= 11 is 7.81. The number of nitrogens with one attached hydrogen (secondary N) is 1. The molecule has 0 heterocycles. The molecule has 102 valence electrons. The van der Waals surface area contributed by atoms with E-state index in [-0.39, 0.29) is 0 Å². The maximum absolute atomic E-state index is 5.85. The summed E-state index contributed by atoms with van der Waals surface area (Å²) in [4.78, 5) is 2.22. The van der Waals surface area contributed by atoms with E-state index in [0.29, 0.717) is 0 Å². The van der Waals surface area contributed by atoms with Crippen LogP contribution in [0.1, 0.15) is 12.0 Å². The van der Waals surface area contributed by atoms with Crippen LogP contribution in [-0.2, 0) is 5.75 Å². The second-order valence-electron chi connectivity index (χ2n) is 4.59. The van der Waals surface area contributed by atoms with Gasteiger partial charge in [0.05, 0.1) is 0 Å². The molecular weight excluding hydrogens is 264 g/mol. The summed E-state index contributed by atoms with van der Waals surface area (Å²) in [6.45, 7) is 3.36. The maximum Gasteiger partial charge on any atom is 0.0406 e. The first kappa shape index (κ1) is 15.8. The summed E-state index contributed by atoms with van der Waals surface area (Å²) in [5, 5.41) is 4.28. The van der Waals surface area contributed by atoms with E-state index in [9.17, 15) is 0 Å². The summed E-state index contributed by atoms with van der Waals surface area (Å²) in [5.74, 6) is 2.22. The molecule has 0 aliphatic carbocycles. The smallest absolute Gasteiger partial charge is 0.0406 e. The Hall–Kier alpha value is -0.220. The second-order valence-corrected chi connectivity index (χ2v) is 6.13. The minimum absolute atomic E-state index is 0.811. The predicted molar refractivity (Wildman–Crippen MR) is 83.7 cm³/mol. The molecule has 0 aliphatic heterocycles. The zero-order valence-corrected chi connectivity index (χ0v) is 12.9. The van der Waals surface area contributed by atoms with Gasteiger partial charge in [-0.25, -0.2) is 0 Å². The predicted octanol–water partition coefficient (Wildman–Crippen LogP) is 3.11. The van der Waals surface area contributed by atoms with E-state index in [1.54, 1.807) is 0 Å². The molecule has 1 rings (SSSR count). The summed E-state index contributed by atoms with van der Waals surface area (Å²) in [6.07, 6.45) is 1.22. The molecule has 2 nitrogen and oxygen atoms in total. The van der Waals surface area contributed by atoms with Gasteiger partial charge in [0.15, 0.2) is 0 Å². The fourth-order valence-electron chi connectivity index (χ4n) is 1.56. The van der Waals surface area contributed by atoms with Gasteiger partial charge in [-0.15, -0.1) is 0 Å². The van der Waals surface area contributed by atoms with Crippen molar-refractivity contribution in [1.29, 1.82) is 0 Å². The normalized spacial score (nSPS) is 11.1. The first-order chi connectivity index (χ1) is 8.68. The van der Waals surface area contributed by atoms with Gasteiger partial charge in [-0.05, 0) is 51.3 Å². The zero-order valence-electron chi connectivity index (χ0n) is 11.3. The highest BCUT2D eigenvalue weighted by Gasteiger charge is 1.95. The van der Waals surface area contributed by atoms with E-state index in [0.717, 1.165) is 36.2 Å². The molecular formula is C14H23ClN2S. The Balaban J connectivity index is 1.94. The van der Waals surface area contributed by atoms with E-state index in [1.165, 1.54) is 12.0 Å². The number of thioether (sulfide) groups is 1. The molecule has 0 atom stereocenters. The molecule has 0 fully saturated rings. The van der Waals surface area contributed by atoms with Gasteiger partial charge in [0.25, 0.3) is 0 Å². The molecule has 4 heteroatoms. The maximum atomic E-state index is 5.85. The van der Waals surface area contributed by atoms with E-state index in [2.05, 4.69) is 36.4 Å². The van der Waals surface area contributed by atoms with Crippen LogP contribution in [0.15, 0.2) is 24.3 Å². The molecule has 0 saturated carbocycles. The van der Waals surface area contributed by atoms with Gasteiger partial charge in [-0.2, -0.15) is 11.8 Å². The van der Waals surface area contributed by atoms with Crippen molar-refractivity contribution < 1.29 is 0 Å². The Bertz CT molecular complexity index is 314. The van der Waals surface area contributed by atoms with E-state index < -0.39 is 0 Å². The van der Waals surface area contributed by atoms with Crippen LogP contribution in [0.4, 0.5) is 0 Å². The highest BCUT2D eigenvalue weighted by Crippen LogP contribution is 2.14. The van der Waals surface area contributed by atoms with Crippen molar-refractivity contribution in [2.24, 2.45) is 0 Å². The lowest BCUT2D eigenvalue weighted by Gasteiger charge is -2.09. The number of halogens is 1. The third-order valence-electron chi connectivity index (χ3n) is 2.56. The van der Waals surface area contributed by atoms with Crippen LogP contribution in [0.25, 0.3) is 0 Å². The topological polar surface area (TPSA) is 15.3 Å². The van der Waals surface area contributed by atoms with Crippen LogP contribution in [0, 0.1) is 0 Å². The Morgan fingerprint density at radius 3 is 2.56 bits per heavy atom. The fraction of sp³-hybridized carbons (Fsp3) is 0.571. The van der Waals surface area contributed by atoms with Gasteiger partial charge < -0.3 is 10.2 Å². The van der Waals surface area contributed by atoms with Gasteiger partial charge in [-0.1, -0.05) is 23.7 Å². The van der Waals surface area contributed by atoms with Gasteiger partial charge >= 0.3 is 0 Å². The van der Waals surface area contributed by atoms with Crippen LogP contribution < -0.4 is 5.32 Å². The van der Waals surface area contributed by atoms with Crippen molar-refractivity contribution in [2.75, 3.05) is 39.5 Å². The average Bonchev–Trinajstić information content (AvgIpc) is 2.34. The quantitative estimate of drug-likeness (QED) is 0.702. The van der Waals surface area contributed by atoms with Crippen molar-refractivity contribution in [2.45, 2.75) is 12.2 Å². The molecule has 1 aromatic rings. The minimum atomic E-state index is 0.811. The van der Waals surface area contributed by atoms with Crippen LogP contribution in [0.2, 0.25) is 5.02 Å². The Kier molecular flexibility index (Phi) is 8.51. The molecule has 1 N–H and O–H groups in total. The highest BCUT2D eigenvalue weighted by atomic mass is 35.5. The first-order valence-electron chi connectivity index (χ1n) is 6.36. The Labute approximate surface area is 120 Å². The lowest BCUT2D eigenvalue weighted by Crippen LogP contribution is -2.23. The van der Waals surface area contributed by atoms with Gasteiger partial charge in [0.2, 0.25) is 0 Å². The monoisotopic (exact) mass is 286 g/mol. The lowest BCUT2D eigenvalue weighted by molar-refractivity contribution is 0.396. The average molecular weight is 287 g/mol. The lowest BCUT2D eigenvalue weighted by atomic mass is 10.2. The molecule has 0 aromatic heterocycles. The summed E-state index contributed by atoms with van der Waals surface area (Å²) in [5.41, 5.74) is 1.34. The van der Waals surface area contributed by atoms with Crippen LogP contribution >= 0.6 is 23.4 Å². The molecule has 0 bridgehead atoms. The Morgan fingerprint density at radius 1 is 1.17 bits per heavy atom. The minimum Gasteiger partial charge on any atom is -0.316 e. The van der Waals surface area contributed by atoms with Crippen molar-refractivity contribution >= 4 is 23.4 Å². The molecule has 18 heavy (non-hydrogen) atoms. The number of nitrogens with zero attached hydrogens (tertiary/aromatic N) is 1. The summed E-state index contributed by atoms with van der Waals surface area (Å²) in [6, 6.07) is 8.10. The number of hydrogen-bond acceptors (Lipinski definition) is 3. The molecule has 0 spiro atoms. The summed E-state index contributed by atoms with van der Waals surface area (Å²) in [7, 11) is 4.23. The van der Waals surface area contributed by atoms with E-state index in [4.69, 9.17) is 11.6 Å². The molecule has 0 amide bonds. The Morgan fingerprint density at radius 2 is 1.89 bits per heavy atom. The number of benzene rings is 1. The van der Waals surface area contributed by atoms with Crippen molar-refractivity contribution in [1.82, 2.24) is 10.2 Å². The molecule has 1 aromatic carbocycles. The molecule has 0 unspecified atom stereocenters. The molecule has 0 aliphatic rings. The second kappa shape index (κ2) is 9.68.